The third-order valence-corrected chi connectivity index (χ3v) is 3.58. The Morgan fingerprint density at radius 2 is 1.57 bits per heavy atom. The summed E-state index contributed by atoms with van der Waals surface area (Å²) in [5.74, 6) is -0.156. The fourth-order valence-corrected chi connectivity index (χ4v) is 2.14. The molecular weight excluding hydrogens is 262 g/mol. The molecule has 0 aliphatic rings. The van der Waals surface area contributed by atoms with Crippen LogP contribution in [-0.2, 0) is 9.53 Å². The van der Waals surface area contributed by atoms with Gasteiger partial charge in [0.05, 0.1) is 6.61 Å². The van der Waals surface area contributed by atoms with Crippen molar-refractivity contribution in [3.63, 3.8) is 0 Å². The van der Waals surface area contributed by atoms with Crippen molar-refractivity contribution in [2.24, 2.45) is 0 Å². The summed E-state index contributed by atoms with van der Waals surface area (Å²) in [4.78, 5) is 13.8. The zero-order valence-electron chi connectivity index (χ0n) is 14.6. The second kappa shape index (κ2) is 14.1. The van der Waals surface area contributed by atoms with Crippen LogP contribution in [0.5, 0.6) is 0 Å². The first-order valence-electron chi connectivity index (χ1n) is 8.56. The molecule has 3 nitrogen and oxygen atoms in total. The number of rotatable bonds is 13. The summed E-state index contributed by atoms with van der Waals surface area (Å²) >= 11 is 0. The summed E-state index contributed by atoms with van der Waals surface area (Å²) in [6.45, 7) is 5.60. The van der Waals surface area contributed by atoms with Gasteiger partial charge in [-0.3, -0.25) is 0 Å². The van der Waals surface area contributed by atoms with Crippen LogP contribution in [0.3, 0.4) is 0 Å². The minimum absolute atomic E-state index is 0.156. The maximum atomic E-state index is 11.7. The lowest BCUT2D eigenvalue weighted by Crippen LogP contribution is -2.13. The third-order valence-electron chi connectivity index (χ3n) is 3.58. The average molecular weight is 297 g/mol. The monoisotopic (exact) mass is 297 g/mol. The molecule has 0 radical (unpaired) electrons. The molecule has 0 rings (SSSR count). The summed E-state index contributed by atoms with van der Waals surface area (Å²) in [6, 6.07) is 0. The van der Waals surface area contributed by atoms with Crippen molar-refractivity contribution < 1.29 is 9.53 Å². The van der Waals surface area contributed by atoms with Crippen LogP contribution in [0.1, 0.15) is 71.6 Å². The number of unbranched alkanes of at least 4 members (excludes halogenated alkanes) is 7. The molecule has 0 amide bonds. The van der Waals surface area contributed by atoms with Crippen LogP contribution in [0.2, 0.25) is 0 Å². The lowest BCUT2D eigenvalue weighted by molar-refractivity contribution is -0.139. The molecule has 0 fully saturated rings. The number of carbonyl (C=O) groups is 1. The Kier molecular flexibility index (Phi) is 13.6. The molecule has 0 atom stereocenters. The minimum atomic E-state index is -0.156. The van der Waals surface area contributed by atoms with Crippen molar-refractivity contribution in [2.45, 2.75) is 71.6 Å². The quantitative estimate of drug-likeness (QED) is 0.283. The normalized spacial score (nSPS) is 12.0. The lowest BCUT2D eigenvalue weighted by atomic mass is 10.1. The number of hydrogen-bond acceptors (Lipinski definition) is 3. The Balaban J connectivity index is 3.48. The van der Waals surface area contributed by atoms with E-state index >= 15 is 0 Å². The van der Waals surface area contributed by atoms with Gasteiger partial charge in [0.15, 0.2) is 0 Å². The second-order valence-electron chi connectivity index (χ2n) is 6.09. The molecule has 0 aromatic rings. The van der Waals surface area contributed by atoms with Crippen LogP contribution in [0.4, 0.5) is 0 Å². The molecule has 0 spiro atoms. The molecule has 0 saturated heterocycles. The van der Waals surface area contributed by atoms with E-state index in [0.29, 0.717) is 6.61 Å². The highest BCUT2D eigenvalue weighted by molar-refractivity contribution is 5.87. The number of esters is 1. The predicted octanol–water partition coefficient (Wildman–Crippen LogP) is 4.57. The minimum Gasteiger partial charge on any atom is -0.462 e. The zero-order chi connectivity index (χ0) is 15.9. The highest BCUT2D eigenvalue weighted by Crippen LogP contribution is 2.08. The maximum absolute atomic E-state index is 11.7. The molecule has 0 aromatic heterocycles. The van der Waals surface area contributed by atoms with Crippen molar-refractivity contribution in [3.8, 4) is 0 Å². The predicted molar refractivity (Wildman–Crippen MR) is 90.5 cm³/mol. The van der Waals surface area contributed by atoms with Gasteiger partial charge in [-0.05, 0) is 33.9 Å². The first-order chi connectivity index (χ1) is 10.1. The van der Waals surface area contributed by atoms with E-state index in [-0.39, 0.29) is 5.97 Å². The first kappa shape index (κ1) is 20.2. The van der Waals surface area contributed by atoms with Crippen LogP contribution in [0.25, 0.3) is 0 Å². The number of nitrogens with zero attached hydrogens (tertiary/aromatic N) is 1. The van der Waals surface area contributed by atoms with Crippen LogP contribution < -0.4 is 0 Å². The van der Waals surface area contributed by atoms with E-state index < -0.39 is 0 Å². The highest BCUT2D eigenvalue weighted by Gasteiger charge is 2.04. The Morgan fingerprint density at radius 3 is 2.14 bits per heavy atom. The van der Waals surface area contributed by atoms with Crippen molar-refractivity contribution in [3.05, 3.63) is 11.6 Å². The molecule has 0 bridgehead atoms. The van der Waals surface area contributed by atoms with Gasteiger partial charge in [0, 0.05) is 12.1 Å². The summed E-state index contributed by atoms with van der Waals surface area (Å²) in [5, 5.41) is 0. The average Bonchev–Trinajstić information content (AvgIpc) is 2.44. The number of hydrogen-bond donors (Lipinski definition) is 0. The molecule has 3 heteroatoms. The van der Waals surface area contributed by atoms with Gasteiger partial charge < -0.3 is 9.64 Å². The van der Waals surface area contributed by atoms with E-state index in [4.69, 9.17) is 4.74 Å². The highest BCUT2D eigenvalue weighted by atomic mass is 16.5. The summed E-state index contributed by atoms with van der Waals surface area (Å²) in [5.41, 5.74) is 0.733. The molecule has 0 N–H and O–H groups in total. The van der Waals surface area contributed by atoms with Gasteiger partial charge >= 0.3 is 5.97 Å². The number of ether oxygens (including phenoxy) is 1. The van der Waals surface area contributed by atoms with Crippen LogP contribution >= 0.6 is 0 Å². The van der Waals surface area contributed by atoms with Gasteiger partial charge in [0.1, 0.15) is 0 Å². The van der Waals surface area contributed by atoms with Gasteiger partial charge in [-0.15, -0.1) is 0 Å². The Bertz CT molecular complexity index is 285. The van der Waals surface area contributed by atoms with E-state index in [9.17, 15) is 4.79 Å². The smallest absolute Gasteiger partial charge is 0.333 e. The van der Waals surface area contributed by atoms with Gasteiger partial charge in [0.2, 0.25) is 0 Å². The number of carbonyl (C=O) groups excluding carboxylic acids is 1. The second-order valence-corrected chi connectivity index (χ2v) is 6.09. The van der Waals surface area contributed by atoms with Crippen molar-refractivity contribution in [1.29, 1.82) is 0 Å². The van der Waals surface area contributed by atoms with E-state index in [2.05, 4.69) is 11.8 Å². The van der Waals surface area contributed by atoms with Crippen LogP contribution in [-0.4, -0.2) is 38.1 Å². The lowest BCUT2D eigenvalue weighted by Gasteiger charge is -2.08. The van der Waals surface area contributed by atoms with Crippen molar-refractivity contribution in [2.75, 3.05) is 27.2 Å². The standard InChI is InChI=1S/C18H35NO2/c1-5-6-7-8-9-10-11-12-16-21-18(20)17(2)14-13-15-19(3)4/h14H,5-13,15-16H2,1-4H3. The Morgan fingerprint density at radius 1 is 1.00 bits per heavy atom. The maximum Gasteiger partial charge on any atom is 0.333 e. The van der Waals surface area contributed by atoms with Gasteiger partial charge in [-0.25, -0.2) is 4.79 Å². The molecule has 0 aliphatic heterocycles. The van der Waals surface area contributed by atoms with E-state index in [1.807, 2.05) is 27.1 Å². The largest absolute Gasteiger partial charge is 0.462 e. The molecule has 21 heavy (non-hydrogen) atoms. The first-order valence-corrected chi connectivity index (χ1v) is 8.56. The Labute approximate surface area is 131 Å². The summed E-state index contributed by atoms with van der Waals surface area (Å²) in [6.07, 6.45) is 13.0. The third kappa shape index (κ3) is 13.9. The van der Waals surface area contributed by atoms with Crippen LogP contribution in [0, 0.1) is 0 Å². The fourth-order valence-electron chi connectivity index (χ4n) is 2.14. The Hall–Kier alpha value is -0.830. The van der Waals surface area contributed by atoms with Crippen LogP contribution in [0.15, 0.2) is 11.6 Å². The van der Waals surface area contributed by atoms with Gasteiger partial charge in [-0.2, -0.15) is 0 Å². The molecule has 124 valence electrons. The fraction of sp³-hybridized carbons (Fsp3) is 0.833. The van der Waals surface area contributed by atoms with Crippen molar-refractivity contribution >= 4 is 5.97 Å². The molecular formula is C18H35NO2. The summed E-state index contributed by atoms with van der Waals surface area (Å²) < 4.78 is 5.29. The topological polar surface area (TPSA) is 29.5 Å². The SMILES string of the molecule is CCCCCCCCCCOC(=O)C(C)=CCCN(C)C. The van der Waals surface area contributed by atoms with E-state index in [1.54, 1.807) is 0 Å². The van der Waals surface area contributed by atoms with E-state index in [0.717, 1.165) is 25.0 Å². The molecule has 0 heterocycles. The molecule has 0 aliphatic carbocycles. The van der Waals surface area contributed by atoms with Gasteiger partial charge in [-0.1, -0.05) is 57.9 Å². The molecule has 0 aromatic carbocycles. The van der Waals surface area contributed by atoms with Gasteiger partial charge in [0.25, 0.3) is 0 Å². The molecule has 0 saturated carbocycles. The zero-order valence-corrected chi connectivity index (χ0v) is 14.6. The summed E-state index contributed by atoms with van der Waals surface area (Å²) in [7, 11) is 4.06. The molecule has 0 unspecified atom stereocenters. The van der Waals surface area contributed by atoms with E-state index in [1.165, 1.54) is 44.9 Å². The van der Waals surface area contributed by atoms with Crippen molar-refractivity contribution in [1.82, 2.24) is 4.90 Å².